The zero-order valence-electron chi connectivity index (χ0n) is 25.0. The number of nitriles is 1. The highest BCUT2D eigenvalue weighted by molar-refractivity contribution is 6.04. The number of allylic oxidation sites excluding steroid dienone is 5. The number of Topliss-reactive ketones (excluding diaryl/α,β-unsaturated/α-hetero) is 1. The molecule has 7 atom stereocenters. The highest BCUT2D eigenvalue weighted by atomic mass is 16.1. The molecule has 3 saturated carbocycles. The van der Waals surface area contributed by atoms with Gasteiger partial charge in [0, 0.05) is 28.0 Å². The Morgan fingerprint density at radius 1 is 1.05 bits per heavy atom. The minimum absolute atomic E-state index is 0.0421. The molecule has 4 heteroatoms. The lowest BCUT2D eigenvalue weighted by molar-refractivity contribution is -0.160. The predicted molar refractivity (Wildman–Crippen MR) is 152 cm³/mol. The van der Waals surface area contributed by atoms with Crippen molar-refractivity contribution in [3.63, 3.8) is 0 Å². The number of fused-ring (bicyclic) bond motifs is 7. The minimum Gasteiger partial charge on any atom is -0.383 e. The number of carbonyl (C=O) groups excluding carboxylic acids is 2. The molecule has 0 bridgehead atoms. The molecule has 0 amide bonds. The molecule has 38 heavy (non-hydrogen) atoms. The van der Waals surface area contributed by atoms with E-state index in [4.69, 9.17) is 0 Å². The summed E-state index contributed by atoms with van der Waals surface area (Å²) in [4.78, 5) is 27.8. The van der Waals surface area contributed by atoms with Crippen LogP contribution in [0.1, 0.15) is 107 Å². The smallest absolute Gasteiger partial charge is 0.178 e. The van der Waals surface area contributed by atoms with Crippen LogP contribution in [0.25, 0.3) is 0 Å². The molecule has 0 radical (unpaired) electrons. The van der Waals surface area contributed by atoms with Gasteiger partial charge in [0.15, 0.2) is 11.6 Å². The maximum absolute atomic E-state index is 14.5. The second-order valence-corrected chi connectivity index (χ2v) is 15.5. The van der Waals surface area contributed by atoms with Crippen molar-refractivity contribution < 1.29 is 9.59 Å². The van der Waals surface area contributed by atoms with Gasteiger partial charge in [0.05, 0.1) is 5.57 Å². The van der Waals surface area contributed by atoms with Crippen LogP contribution < -0.4 is 5.32 Å². The molecule has 0 aliphatic heterocycles. The molecule has 0 saturated heterocycles. The molecule has 1 N–H and O–H groups in total. The summed E-state index contributed by atoms with van der Waals surface area (Å²) in [6, 6.07) is 2.21. The summed E-state index contributed by atoms with van der Waals surface area (Å²) in [7, 11) is 0. The Hall–Kier alpha value is -2.15. The maximum Gasteiger partial charge on any atom is 0.178 e. The van der Waals surface area contributed by atoms with Gasteiger partial charge < -0.3 is 5.32 Å². The molecule has 3 fully saturated rings. The molecule has 5 aliphatic rings. The average Bonchev–Trinajstić information content (AvgIpc) is 2.83. The fourth-order valence-corrected chi connectivity index (χ4v) is 10.3. The SMILES string of the molecule is C=C(CC)N[C@]12CCC(C)(C)CC1C1C(=O)C=C3[C@@]4(C)C=C(C#N)C(=O)C(C)(C)[C@@H]4CC[C@@]3(C)[C@]1(C)CC2. The van der Waals surface area contributed by atoms with Gasteiger partial charge in [-0.2, -0.15) is 5.26 Å². The van der Waals surface area contributed by atoms with Crippen LogP contribution in [-0.4, -0.2) is 17.1 Å². The predicted octanol–water partition coefficient (Wildman–Crippen LogP) is 7.47. The molecule has 5 aliphatic carbocycles. The van der Waals surface area contributed by atoms with E-state index in [1.165, 1.54) is 5.57 Å². The number of nitrogens with one attached hydrogen (secondary N) is 1. The summed E-state index contributed by atoms with van der Waals surface area (Å²) in [6.45, 7) is 22.2. The quantitative estimate of drug-likeness (QED) is 0.422. The third-order valence-electron chi connectivity index (χ3n) is 12.7. The van der Waals surface area contributed by atoms with Crippen molar-refractivity contribution in [2.24, 2.45) is 44.8 Å². The van der Waals surface area contributed by atoms with Crippen molar-refractivity contribution in [1.82, 2.24) is 5.32 Å². The van der Waals surface area contributed by atoms with Gasteiger partial charge >= 0.3 is 0 Å². The van der Waals surface area contributed by atoms with Crippen molar-refractivity contribution in [3.05, 3.63) is 35.6 Å². The Morgan fingerprint density at radius 3 is 2.34 bits per heavy atom. The third kappa shape index (κ3) is 3.39. The molecule has 206 valence electrons. The van der Waals surface area contributed by atoms with Crippen molar-refractivity contribution >= 4 is 11.6 Å². The van der Waals surface area contributed by atoms with E-state index in [-0.39, 0.29) is 56.7 Å². The average molecular weight is 517 g/mol. The molecule has 0 aromatic carbocycles. The Labute approximate surface area is 230 Å². The van der Waals surface area contributed by atoms with Gasteiger partial charge in [-0.15, -0.1) is 0 Å². The second kappa shape index (κ2) is 8.18. The molecule has 2 unspecified atom stereocenters. The lowest BCUT2D eigenvalue weighted by Crippen LogP contribution is -2.69. The van der Waals surface area contributed by atoms with Crippen LogP contribution >= 0.6 is 0 Å². The summed E-state index contributed by atoms with van der Waals surface area (Å²) in [5.74, 6) is 0.513. The first-order chi connectivity index (χ1) is 17.5. The molecule has 0 heterocycles. The molecular formula is C34H48N2O2. The van der Waals surface area contributed by atoms with Gasteiger partial charge in [0.1, 0.15) is 6.07 Å². The van der Waals surface area contributed by atoms with E-state index in [0.29, 0.717) is 0 Å². The van der Waals surface area contributed by atoms with Crippen LogP contribution in [0, 0.1) is 56.2 Å². The van der Waals surface area contributed by atoms with Crippen molar-refractivity contribution in [2.45, 2.75) is 112 Å². The van der Waals surface area contributed by atoms with Gasteiger partial charge in [-0.3, -0.25) is 9.59 Å². The second-order valence-electron chi connectivity index (χ2n) is 15.5. The molecule has 0 aromatic heterocycles. The van der Waals surface area contributed by atoms with E-state index >= 15 is 0 Å². The van der Waals surface area contributed by atoms with E-state index in [1.54, 1.807) is 0 Å². The third-order valence-corrected chi connectivity index (χ3v) is 12.7. The fourth-order valence-electron chi connectivity index (χ4n) is 10.3. The highest BCUT2D eigenvalue weighted by Gasteiger charge is 2.69. The molecular weight excluding hydrogens is 468 g/mol. The minimum atomic E-state index is -0.628. The van der Waals surface area contributed by atoms with Crippen LogP contribution in [0.2, 0.25) is 0 Å². The summed E-state index contributed by atoms with van der Waals surface area (Å²) >= 11 is 0. The number of hydrogen-bond acceptors (Lipinski definition) is 4. The first-order valence-electron chi connectivity index (χ1n) is 14.9. The van der Waals surface area contributed by atoms with Gasteiger partial charge in [0.2, 0.25) is 0 Å². The van der Waals surface area contributed by atoms with E-state index < -0.39 is 10.8 Å². The highest BCUT2D eigenvalue weighted by Crippen LogP contribution is 2.73. The number of nitrogens with zero attached hydrogens (tertiary/aromatic N) is 1. The van der Waals surface area contributed by atoms with Gasteiger partial charge in [-0.1, -0.05) is 73.6 Å². The normalized spacial score (nSPS) is 44.8. The van der Waals surface area contributed by atoms with E-state index in [0.717, 1.165) is 57.1 Å². The first-order valence-corrected chi connectivity index (χ1v) is 14.9. The Balaban J connectivity index is 1.68. The van der Waals surface area contributed by atoms with Crippen LogP contribution in [0.3, 0.4) is 0 Å². The zero-order chi connectivity index (χ0) is 28.1. The van der Waals surface area contributed by atoms with Crippen molar-refractivity contribution in [2.75, 3.05) is 0 Å². The van der Waals surface area contributed by atoms with Crippen LogP contribution in [0.15, 0.2) is 35.6 Å². The Morgan fingerprint density at radius 2 is 1.71 bits per heavy atom. The number of hydrogen-bond donors (Lipinski definition) is 1. The fraction of sp³-hybridized carbons (Fsp3) is 0.735. The van der Waals surface area contributed by atoms with Crippen LogP contribution in [0.5, 0.6) is 0 Å². The summed E-state index contributed by atoms with van der Waals surface area (Å²) in [6.07, 6.45) is 12.1. The van der Waals surface area contributed by atoms with E-state index in [9.17, 15) is 14.9 Å². The first kappa shape index (κ1) is 27.4. The molecule has 0 spiro atoms. The molecule has 5 rings (SSSR count). The standard InChI is InChI=1S/C34H48N2O2/c1-10-21(2)36-34-15-13-29(3,4)19-23(34)27-24(37)17-26-31(7)18-22(20-35)28(38)30(5,6)25(31)11-12-32(26,8)33(27,9)14-16-34/h17-18,23,25,27,36H,2,10-16,19H2,1,3-9H3/t23?,25-,27?,31-,32+,33+,34-/m0/s1. The zero-order valence-corrected chi connectivity index (χ0v) is 25.0. The summed E-state index contributed by atoms with van der Waals surface area (Å²) in [5, 5.41) is 13.8. The van der Waals surface area contributed by atoms with Gasteiger partial charge in [0.25, 0.3) is 0 Å². The number of rotatable bonds is 3. The lowest BCUT2D eigenvalue weighted by Gasteiger charge is -2.69. The van der Waals surface area contributed by atoms with E-state index in [2.05, 4.69) is 59.5 Å². The van der Waals surface area contributed by atoms with Gasteiger partial charge in [-0.05, 0) is 85.5 Å². The Kier molecular flexibility index (Phi) is 5.91. The van der Waals surface area contributed by atoms with E-state index in [1.807, 2.05) is 26.0 Å². The topological polar surface area (TPSA) is 70.0 Å². The van der Waals surface area contributed by atoms with Crippen LogP contribution in [-0.2, 0) is 9.59 Å². The number of carbonyl (C=O) groups is 2. The maximum atomic E-state index is 14.5. The largest absolute Gasteiger partial charge is 0.383 e. The lowest BCUT2D eigenvalue weighted by atomic mass is 9.35. The molecule has 4 nitrogen and oxygen atoms in total. The van der Waals surface area contributed by atoms with Crippen molar-refractivity contribution in [3.8, 4) is 6.07 Å². The summed E-state index contributed by atoms with van der Waals surface area (Å²) in [5.41, 5.74) is 1.20. The van der Waals surface area contributed by atoms with Crippen molar-refractivity contribution in [1.29, 1.82) is 5.26 Å². The van der Waals surface area contributed by atoms with Gasteiger partial charge in [-0.25, -0.2) is 0 Å². The Bertz CT molecular complexity index is 1210. The summed E-state index contributed by atoms with van der Waals surface area (Å²) < 4.78 is 0. The number of ketones is 2. The van der Waals surface area contributed by atoms with Crippen LogP contribution in [0.4, 0.5) is 0 Å². The molecule has 0 aromatic rings. The monoisotopic (exact) mass is 516 g/mol.